The smallest absolute Gasteiger partial charge is 0.136 e. The SMILES string of the molecule is Cc1cccc(C[C@H]2CCCCC2=O)c1. The Morgan fingerprint density at radius 3 is 2.93 bits per heavy atom. The topological polar surface area (TPSA) is 17.1 Å². The Kier molecular flexibility index (Phi) is 3.20. The number of benzene rings is 1. The molecule has 0 bridgehead atoms. The van der Waals surface area contributed by atoms with Gasteiger partial charge in [0.2, 0.25) is 0 Å². The molecule has 0 amide bonds. The van der Waals surface area contributed by atoms with Crippen molar-refractivity contribution in [1.82, 2.24) is 0 Å². The molecule has 1 aromatic rings. The third-order valence-electron chi connectivity index (χ3n) is 3.25. The summed E-state index contributed by atoms with van der Waals surface area (Å²) in [4.78, 5) is 11.7. The second-order valence-corrected chi connectivity index (χ2v) is 4.60. The number of hydrogen-bond acceptors (Lipinski definition) is 1. The van der Waals surface area contributed by atoms with Crippen LogP contribution in [0.25, 0.3) is 0 Å². The summed E-state index contributed by atoms with van der Waals surface area (Å²) in [6.45, 7) is 2.10. The summed E-state index contributed by atoms with van der Waals surface area (Å²) in [6.07, 6.45) is 5.16. The number of Topliss-reactive ketones (excluding diaryl/α,β-unsaturated/α-hetero) is 1. The summed E-state index contributed by atoms with van der Waals surface area (Å²) in [5.41, 5.74) is 2.60. The third kappa shape index (κ3) is 2.68. The van der Waals surface area contributed by atoms with Gasteiger partial charge in [-0.15, -0.1) is 0 Å². The lowest BCUT2D eigenvalue weighted by molar-refractivity contribution is -0.124. The van der Waals surface area contributed by atoms with Gasteiger partial charge in [-0.05, 0) is 31.7 Å². The Hall–Kier alpha value is -1.11. The van der Waals surface area contributed by atoms with Crippen molar-refractivity contribution in [2.24, 2.45) is 5.92 Å². The second-order valence-electron chi connectivity index (χ2n) is 4.60. The van der Waals surface area contributed by atoms with Crippen LogP contribution >= 0.6 is 0 Å². The zero-order chi connectivity index (χ0) is 10.7. The summed E-state index contributed by atoms with van der Waals surface area (Å²) in [6, 6.07) is 8.51. The number of hydrogen-bond donors (Lipinski definition) is 0. The maximum atomic E-state index is 11.7. The Labute approximate surface area is 91.5 Å². The van der Waals surface area contributed by atoms with Crippen molar-refractivity contribution in [3.05, 3.63) is 35.4 Å². The number of carbonyl (C=O) groups is 1. The molecule has 1 saturated carbocycles. The maximum Gasteiger partial charge on any atom is 0.136 e. The van der Waals surface area contributed by atoms with E-state index in [1.54, 1.807) is 0 Å². The van der Waals surface area contributed by atoms with Gasteiger partial charge in [0, 0.05) is 12.3 Å². The van der Waals surface area contributed by atoms with Gasteiger partial charge in [0.1, 0.15) is 5.78 Å². The minimum atomic E-state index is 0.292. The first-order chi connectivity index (χ1) is 7.25. The summed E-state index contributed by atoms with van der Waals surface area (Å²) < 4.78 is 0. The zero-order valence-corrected chi connectivity index (χ0v) is 9.33. The van der Waals surface area contributed by atoms with Gasteiger partial charge in [0.25, 0.3) is 0 Å². The minimum absolute atomic E-state index is 0.292. The van der Waals surface area contributed by atoms with E-state index in [9.17, 15) is 4.79 Å². The fourth-order valence-electron chi connectivity index (χ4n) is 2.39. The molecule has 0 radical (unpaired) electrons. The Morgan fingerprint density at radius 2 is 2.20 bits per heavy atom. The minimum Gasteiger partial charge on any atom is -0.299 e. The summed E-state index contributed by atoms with van der Waals surface area (Å²) in [5.74, 6) is 0.767. The largest absolute Gasteiger partial charge is 0.299 e. The Balaban J connectivity index is 2.04. The van der Waals surface area contributed by atoms with E-state index in [4.69, 9.17) is 0 Å². The molecule has 0 heterocycles. The van der Waals surface area contributed by atoms with Crippen LogP contribution in [0.3, 0.4) is 0 Å². The van der Waals surface area contributed by atoms with Crippen molar-refractivity contribution in [3.8, 4) is 0 Å². The molecule has 0 saturated heterocycles. The van der Waals surface area contributed by atoms with E-state index >= 15 is 0 Å². The average molecular weight is 202 g/mol. The van der Waals surface area contributed by atoms with Crippen LogP contribution in [0.2, 0.25) is 0 Å². The van der Waals surface area contributed by atoms with Crippen LogP contribution in [0.5, 0.6) is 0 Å². The lowest BCUT2D eigenvalue weighted by Crippen LogP contribution is -2.21. The van der Waals surface area contributed by atoms with Crippen molar-refractivity contribution in [3.63, 3.8) is 0 Å². The average Bonchev–Trinajstić information content (AvgIpc) is 2.22. The van der Waals surface area contributed by atoms with Crippen molar-refractivity contribution < 1.29 is 4.79 Å². The summed E-state index contributed by atoms with van der Waals surface area (Å²) in [5, 5.41) is 0. The van der Waals surface area contributed by atoms with Gasteiger partial charge in [-0.1, -0.05) is 36.2 Å². The van der Waals surface area contributed by atoms with Crippen LogP contribution < -0.4 is 0 Å². The van der Waals surface area contributed by atoms with E-state index in [2.05, 4.69) is 31.2 Å². The molecule has 1 aromatic carbocycles. The molecular formula is C14H18O. The van der Waals surface area contributed by atoms with Gasteiger partial charge in [0.15, 0.2) is 0 Å². The molecular weight excluding hydrogens is 184 g/mol. The molecule has 1 atom stereocenters. The number of rotatable bonds is 2. The number of carbonyl (C=O) groups excluding carboxylic acids is 1. The lowest BCUT2D eigenvalue weighted by Gasteiger charge is -2.20. The highest BCUT2D eigenvalue weighted by Crippen LogP contribution is 2.24. The van der Waals surface area contributed by atoms with E-state index in [-0.39, 0.29) is 0 Å². The first kappa shape index (κ1) is 10.4. The molecule has 1 heteroatoms. The van der Waals surface area contributed by atoms with E-state index in [0.717, 1.165) is 25.7 Å². The van der Waals surface area contributed by atoms with Gasteiger partial charge in [-0.2, -0.15) is 0 Å². The molecule has 80 valence electrons. The molecule has 0 unspecified atom stereocenters. The van der Waals surface area contributed by atoms with Gasteiger partial charge in [-0.25, -0.2) is 0 Å². The van der Waals surface area contributed by atoms with Gasteiger partial charge in [0.05, 0.1) is 0 Å². The third-order valence-corrected chi connectivity index (χ3v) is 3.25. The predicted octanol–water partition coefficient (Wildman–Crippen LogP) is 3.30. The fourth-order valence-corrected chi connectivity index (χ4v) is 2.39. The van der Waals surface area contributed by atoms with Crippen LogP contribution in [0.15, 0.2) is 24.3 Å². The maximum absolute atomic E-state index is 11.7. The van der Waals surface area contributed by atoms with Crippen LogP contribution in [0.1, 0.15) is 36.8 Å². The van der Waals surface area contributed by atoms with Crippen molar-refractivity contribution in [2.45, 2.75) is 39.0 Å². The standard InChI is InChI=1S/C14H18O/c1-11-5-4-6-12(9-11)10-13-7-2-3-8-14(13)15/h4-6,9,13H,2-3,7-8,10H2,1H3/t13-/m1/s1. The van der Waals surface area contributed by atoms with E-state index in [1.807, 2.05) is 0 Å². The van der Waals surface area contributed by atoms with Crippen LogP contribution in [0.4, 0.5) is 0 Å². The lowest BCUT2D eigenvalue weighted by atomic mass is 9.83. The first-order valence-electron chi connectivity index (χ1n) is 5.84. The quantitative estimate of drug-likeness (QED) is 0.719. The molecule has 1 fully saturated rings. The molecule has 15 heavy (non-hydrogen) atoms. The molecule has 1 nitrogen and oxygen atoms in total. The highest BCUT2D eigenvalue weighted by atomic mass is 16.1. The zero-order valence-electron chi connectivity index (χ0n) is 9.33. The van der Waals surface area contributed by atoms with Crippen molar-refractivity contribution in [2.75, 3.05) is 0 Å². The van der Waals surface area contributed by atoms with Gasteiger partial charge in [-0.3, -0.25) is 4.79 Å². The second kappa shape index (κ2) is 4.61. The molecule has 2 rings (SSSR count). The summed E-state index contributed by atoms with van der Waals surface area (Å²) in [7, 11) is 0. The Morgan fingerprint density at radius 1 is 1.33 bits per heavy atom. The van der Waals surface area contributed by atoms with E-state index in [0.29, 0.717) is 11.7 Å². The van der Waals surface area contributed by atoms with Gasteiger partial charge < -0.3 is 0 Å². The molecule has 0 N–H and O–H groups in total. The monoisotopic (exact) mass is 202 g/mol. The predicted molar refractivity (Wildman–Crippen MR) is 61.8 cm³/mol. The fraction of sp³-hybridized carbons (Fsp3) is 0.500. The number of aryl methyl sites for hydroxylation is 1. The van der Waals surface area contributed by atoms with Gasteiger partial charge >= 0.3 is 0 Å². The molecule has 1 aliphatic carbocycles. The van der Waals surface area contributed by atoms with Crippen LogP contribution in [-0.2, 0) is 11.2 Å². The van der Waals surface area contributed by atoms with Crippen molar-refractivity contribution >= 4 is 5.78 Å². The Bertz CT molecular complexity index is 354. The van der Waals surface area contributed by atoms with Crippen LogP contribution in [-0.4, -0.2) is 5.78 Å². The van der Waals surface area contributed by atoms with Crippen molar-refractivity contribution in [1.29, 1.82) is 0 Å². The number of ketones is 1. The molecule has 0 aromatic heterocycles. The van der Waals surface area contributed by atoms with E-state index < -0.39 is 0 Å². The van der Waals surface area contributed by atoms with Crippen LogP contribution in [0, 0.1) is 12.8 Å². The highest BCUT2D eigenvalue weighted by Gasteiger charge is 2.21. The van der Waals surface area contributed by atoms with E-state index in [1.165, 1.54) is 17.5 Å². The first-order valence-corrected chi connectivity index (χ1v) is 5.84. The highest BCUT2D eigenvalue weighted by molar-refractivity contribution is 5.81. The normalized spacial score (nSPS) is 21.7. The molecule has 1 aliphatic rings. The molecule has 0 spiro atoms. The molecule has 0 aliphatic heterocycles. The summed E-state index contributed by atoms with van der Waals surface area (Å²) >= 11 is 0.